The topological polar surface area (TPSA) is 150 Å². The second-order valence-electron chi connectivity index (χ2n) is 3.78. The first-order valence-electron chi connectivity index (χ1n) is 5.76. The molecular formula is C10H18N4O6Zn. The zero-order valence-corrected chi connectivity index (χ0v) is 15.5. The number of imidazole rings is 1. The van der Waals surface area contributed by atoms with Gasteiger partial charge in [0.05, 0.1) is 15.9 Å². The van der Waals surface area contributed by atoms with Crippen LogP contribution in [0.1, 0.15) is 37.0 Å². The summed E-state index contributed by atoms with van der Waals surface area (Å²) in [5.41, 5.74) is 2.49. The summed E-state index contributed by atoms with van der Waals surface area (Å²) in [4.78, 5) is 20.9. The van der Waals surface area contributed by atoms with Gasteiger partial charge in [-0.3, -0.25) is 0 Å². The average Bonchev–Trinajstić information content (AvgIpc) is 2.49. The van der Waals surface area contributed by atoms with Crippen molar-refractivity contribution in [3.63, 3.8) is 0 Å². The van der Waals surface area contributed by atoms with Crippen LogP contribution in [0.2, 0.25) is 0 Å². The predicted molar refractivity (Wildman–Crippen MR) is 72.1 cm³/mol. The summed E-state index contributed by atoms with van der Waals surface area (Å²) in [6.07, 6.45) is 2.49. The molecule has 0 aliphatic carbocycles. The molecule has 1 rings (SSSR count). The van der Waals surface area contributed by atoms with Gasteiger partial charge in [-0.2, -0.15) is 0 Å². The Morgan fingerprint density at radius 3 is 1.67 bits per heavy atom. The molecule has 0 N–H and O–H groups in total. The van der Waals surface area contributed by atoms with Crippen molar-refractivity contribution in [2.45, 2.75) is 47.1 Å². The average molecular weight is 356 g/mol. The minimum atomic E-state index is -1.75. The summed E-state index contributed by atoms with van der Waals surface area (Å²) >= 11 is 0. The molecule has 1 aromatic heterocycles. The summed E-state index contributed by atoms with van der Waals surface area (Å²) in [7, 11) is 0. The second-order valence-corrected chi connectivity index (χ2v) is 3.78. The van der Waals surface area contributed by atoms with Crippen LogP contribution in [0.25, 0.3) is 0 Å². The van der Waals surface area contributed by atoms with E-state index in [0.717, 1.165) is 12.4 Å². The Kier molecular flexibility index (Phi) is 15.3. The Balaban J connectivity index is -0.000000304. The standard InChI is InChI=1S/C10H18N2.2NO3.Zn/c1-5-6-7-12-9(3)8(2)11-10(12)4;2*2-1(3)4;/h5-7H2,1-4H3;;;/q;2*-1;+2. The van der Waals surface area contributed by atoms with Crippen LogP contribution < -0.4 is 0 Å². The van der Waals surface area contributed by atoms with Gasteiger partial charge < -0.3 is 35.2 Å². The molecule has 0 bridgehead atoms. The van der Waals surface area contributed by atoms with E-state index in [9.17, 15) is 0 Å². The minimum Gasteiger partial charge on any atom is -0.356 e. The van der Waals surface area contributed by atoms with Crippen LogP contribution in [0.3, 0.4) is 0 Å². The van der Waals surface area contributed by atoms with Crippen molar-refractivity contribution in [1.82, 2.24) is 9.55 Å². The molecule has 0 aliphatic rings. The second kappa shape index (κ2) is 13.2. The monoisotopic (exact) mass is 354 g/mol. The number of aryl methyl sites for hydroxylation is 2. The molecule has 0 atom stereocenters. The van der Waals surface area contributed by atoms with Crippen LogP contribution in [-0.4, -0.2) is 19.7 Å². The van der Waals surface area contributed by atoms with Crippen molar-refractivity contribution >= 4 is 0 Å². The molecular weight excluding hydrogens is 338 g/mol. The first-order chi connectivity index (χ1) is 9.13. The molecule has 0 radical (unpaired) electrons. The number of unbranched alkanes of at least 4 members (excludes halogenated alkanes) is 1. The Morgan fingerprint density at radius 1 is 1.05 bits per heavy atom. The van der Waals surface area contributed by atoms with E-state index in [2.05, 4.69) is 37.2 Å². The Hall–Kier alpha value is -1.77. The van der Waals surface area contributed by atoms with Gasteiger partial charge >= 0.3 is 19.5 Å². The van der Waals surface area contributed by atoms with Gasteiger partial charge in [0.15, 0.2) is 0 Å². The summed E-state index contributed by atoms with van der Waals surface area (Å²) in [6.45, 7) is 9.63. The van der Waals surface area contributed by atoms with Crippen LogP contribution in [0.5, 0.6) is 0 Å². The van der Waals surface area contributed by atoms with E-state index in [1.807, 2.05) is 0 Å². The first kappa shape index (κ1) is 24.3. The third kappa shape index (κ3) is 14.5. The zero-order valence-electron chi connectivity index (χ0n) is 12.6. The number of rotatable bonds is 3. The zero-order chi connectivity index (χ0) is 16.3. The molecule has 0 unspecified atom stereocenters. The Morgan fingerprint density at radius 2 is 1.43 bits per heavy atom. The summed E-state index contributed by atoms with van der Waals surface area (Å²) < 4.78 is 2.30. The van der Waals surface area contributed by atoms with Gasteiger partial charge in [0.1, 0.15) is 5.82 Å². The van der Waals surface area contributed by atoms with Crippen molar-refractivity contribution in [3.8, 4) is 0 Å². The Labute approximate surface area is 134 Å². The molecule has 116 valence electrons. The molecule has 0 aliphatic heterocycles. The van der Waals surface area contributed by atoms with E-state index in [0.29, 0.717) is 0 Å². The van der Waals surface area contributed by atoms with Gasteiger partial charge in [-0.15, -0.1) is 0 Å². The number of hydrogen-bond acceptors (Lipinski definition) is 7. The number of nitrogens with zero attached hydrogens (tertiary/aromatic N) is 4. The maximum Gasteiger partial charge on any atom is 2.00 e. The van der Waals surface area contributed by atoms with Crippen molar-refractivity contribution < 1.29 is 29.7 Å². The predicted octanol–water partition coefficient (Wildman–Crippen LogP) is 2.13. The molecule has 0 saturated heterocycles. The van der Waals surface area contributed by atoms with E-state index < -0.39 is 10.2 Å². The van der Waals surface area contributed by atoms with Gasteiger partial charge in [-0.25, -0.2) is 4.98 Å². The van der Waals surface area contributed by atoms with Gasteiger partial charge in [0.2, 0.25) is 0 Å². The normalized spacial score (nSPS) is 8.38. The number of aromatic nitrogens is 2. The molecule has 0 amide bonds. The maximum absolute atomic E-state index is 8.25. The van der Waals surface area contributed by atoms with Crippen LogP contribution in [0, 0.1) is 51.4 Å². The van der Waals surface area contributed by atoms with Crippen molar-refractivity contribution in [3.05, 3.63) is 47.9 Å². The van der Waals surface area contributed by atoms with Crippen molar-refractivity contribution in [2.75, 3.05) is 0 Å². The minimum absolute atomic E-state index is 0. The SMILES string of the molecule is CCCCn1c(C)nc(C)c1C.O=[N+]([O-])[O-].O=[N+]([O-])[O-].[Zn+2]. The summed E-state index contributed by atoms with van der Waals surface area (Å²) in [5.74, 6) is 1.15. The molecule has 0 saturated carbocycles. The smallest absolute Gasteiger partial charge is 0.356 e. The molecule has 10 nitrogen and oxygen atoms in total. The van der Waals surface area contributed by atoms with Gasteiger partial charge in [-0.1, -0.05) is 13.3 Å². The fraction of sp³-hybridized carbons (Fsp3) is 0.700. The van der Waals surface area contributed by atoms with E-state index >= 15 is 0 Å². The molecule has 1 aromatic rings. The van der Waals surface area contributed by atoms with Crippen LogP contribution in [0.15, 0.2) is 0 Å². The molecule has 0 fully saturated rings. The molecule has 0 aromatic carbocycles. The van der Waals surface area contributed by atoms with E-state index in [4.69, 9.17) is 30.6 Å². The molecule has 0 spiro atoms. The first-order valence-corrected chi connectivity index (χ1v) is 5.76. The third-order valence-corrected chi connectivity index (χ3v) is 2.38. The largest absolute Gasteiger partial charge is 2.00 e. The molecule has 1 heterocycles. The Bertz CT molecular complexity index is 417. The summed E-state index contributed by atoms with van der Waals surface area (Å²) in [5, 5.41) is 29.5. The fourth-order valence-electron chi connectivity index (χ4n) is 1.47. The van der Waals surface area contributed by atoms with Crippen LogP contribution >= 0.6 is 0 Å². The van der Waals surface area contributed by atoms with Gasteiger partial charge in [-0.05, 0) is 27.2 Å². The van der Waals surface area contributed by atoms with Crippen LogP contribution in [0.4, 0.5) is 0 Å². The van der Waals surface area contributed by atoms with Crippen molar-refractivity contribution in [2.24, 2.45) is 0 Å². The van der Waals surface area contributed by atoms with E-state index in [1.54, 1.807) is 0 Å². The van der Waals surface area contributed by atoms with Crippen molar-refractivity contribution in [1.29, 1.82) is 0 Å². The summed E-state index contributed by atoms with van der Waals surface area (Å²) in [6, 6.07) is 0. The van der Waals surface area contributed by atoms with E-state index in [-0.39, 0.29) is 19.5 Å². The third-order valence-electron chi connectivity index (χ3n) is 2.38. The van der Waals surface area contributed by atoms with Gasteiger partial charge in [0.25, 0.3) is 0 Å². The quantitative estimate of drug-likeness (QED) is 0.457. The fourth-order valence-corrected chi connectivity index (χ4v) is 1.47. The van der Waals surface area contributed by atoms with E-state index in [1.165, 1.54) is 24.2 Å². The number of hydrogen-bond donors (Lipinski definition) is 0. The van der Waals surface area contributed by atoms with Gasteiger partial charge in [0, 0.05) is 12.2 Å². The molecule has 11 heteroatoms. The maximum atomic E-state index is 8.25. The van der Waals surface area contributed by atoms with Crippen LogP contribution in [-0.2, 0) is 26.0 Å². The molecule has 21 heavy (non-hydrogen) atoms.